The Balaban J connectivity index is 1.66. The monoisotopic (exact) mass is 569 g/mol. The normalized spacial score (nSPS) is 14.4. The molecule has 3 aromatic carbocycles. The number of hydrogen-bond donors (Lipinski definition) is 0. The smallest absolute Gasteiger partial charge is 0.338 e. The lowest BCUT2D eigenvalue weighted by Crippen LogP contribution is -2.29. The van der Waals surface area contributed by atoms with Crippen LogP contribution in [-0.2, 0) is 4.74 Å². The first-order valence-electron chi connectivity index (χ1n) is 14.3. The van der Waals surface area contributed by atoms with Crippen molar-refractivity contribution in [2.75, 3.05) is 24.7 Å². The van der Waals surface area contributed by atoms with Gasteiger partial charge in [0.15, 0.2) is 16.9 Å². The Bertz CT molecular complexity index is 1690. The third-order valence-corrected chi connectivity index (χ3v) is 7.22. The molecule has 0 spiro atoms. The molecule has 0 saturated heterocycles. The summed E-state index contributed by atoms with van der Waals surface area (Å²) in [6.07, 6.45) is 0.890. The largest absolute Gasteiger partial charge is 0.490 e. The van der Waals surface area contributed by atoms with E-state index in [1.165, 1.54) is 4.90 Å². The van der Waals surface area contributed by atoms with Crippen molar-refractivity contribution in [2.45, 2.75) is 47.1 Å². The van der Waals surface area contributed by atoms with Crippen molar-refractivity contribution < 1.29 is 28.2 Å². The first-order valence-corrected chi connectivity index (χ1v) is 14.3. The number of nitrogens with zero attached hydrogens (tertiary/aromatic N) is 1. The lowest BCUT2D eigenvalue weighted by atomic mass is 9.97. The number of fused-ring (bicyclic) bond motifs is 2. The SMILES string of the molecule is CCOC(=O)c1ccc(N2C(=O)c3oc4ccc(C)cc4c(=O)c3C2c2ccc(OCCC(C)C)c(OCC)c2)cc1. The fourth-order valence-corrected chi connectivity index (χ4v) is 5.13. The average molecular weight is 570 g/mol. The number of amides is 1. The van der Waals surface area contributed by atoms with E-state index in [1.54, 1.807) is 43.3 Å². The quantitative estimate of drug-likeness (QED) is 0.193. The van der Waals surface area contributed by atoms with Crippen LogP contribution >= 0.6 is 0 Å². The zero-order valence-electron chi connectivity index (χ0n) is 24.6. The number of aryl methyl sites for hydroxylation is 1. The van der Waals surface area contributed by atoms with Crippen molar-refractivity contribution in [1.29, 1.82) is 0 Å². The van der Waals surface area contributed by atoms with Gasteiger partial charge in [-0.3, -0.25) is 14.5 Å². The lowest BCUT2D eigenvalue weighted by molar-refractivity contribution is 0.0526. The molecule has 4 aromatic rings. The molecule has 1 unspecified atom stereocenters. The lowest BCUT2D eigenvalue weighted by Gasteiger charge is -2.26. The fraction of sp³-hybridized carbons (Fsp3) is 0.324. The summed E-state index contributed by atoms with van der Waals surface area (Å²) in [5, 5.41) is 0.407. The summed E-state index contributed by atoms with van der Waals surface area (Å²) in [6, 6.07) is 16.6. The number of ether oxygens (including phenoxy) is 3. The van der Waals surface area contributed by atoms with Gasteiger partial charge in [0.05, 0.1) is 42.4 Å². The van der Waals surface area contributed by atoms with Crippen molar-refractivity contribution in [1.82, 2.24) is 0 Å². The van der Waals surface area contributed by atoms with Crippen molar-refractivity contribution in [3.63, 3.8) is 0 Å². The number of benzene rings is 3. The van der Waals surface area contributed by atoms with Gasteiger partial charge in [0.1, 0.15) is 5.58 Å². The molecule has 8 nitrogen and oxygen atoms in total. The molecule has 0 aliphatic carbocycles. The third kappa shape index (κ3) is 5.49. The summed E-state index contributed by atoms with van der Waals surface area (Å²) >= 11 is 0. The number of carbonyl (C=O) groups is 2. The maximum Gasteiger partial charge on any atom is 0.338 e. The molecule has 1 atom stereocenters. The summed E-state index contributed by atoms with van der Waals surface area (Å²) in [4.78, 5) is 41.8. The van der Waals surface area contributed by atoms with Gasteiger partial charge >= 0.3 is 5.97 Å². The van der Waals surface area contributed by atoms with Crippen LogP contribution < -0.4 is 19.8 Å². The minimum absolute atomic E-state index is 0.00829. The van der Waals surface area contributed by atoms with E-state index in [9.17, 15) is 14.4 Å². The second kappa shape index (κ2) is 12.1. The number of anilines is 1. The summed E-state index contributed by atoms with van der Waals surface area (Å²) in [5.41, 5.74) is 2.76. The number of carbonyl (C=O) groups excluding carboxylic acids is 2. The molecule has 0 fully saturated rings. The molecule has 218 valence electrons. The van der Waals surface area contributed by atoms with Crippen LogP contribution in [-0.4, -0.2) is 31.7 Å². The first-order chi connectivity index (χ1) is 20.2. The second-order valence-electron chi connectivity index (χ2n) is 10.7. The van der Waals surface area contributed by atoms with Crippen LogP contribution in [0.5, 0.6) is 11.5 Å². The number of esters is 1. The predicted molar refractivity (Wildman–Crippen MR) is 161 cm³/mol. The van der Waals surface area contributed by atoms with E-state index in [0.717, 1.165) is 12.0 Å². The number of hydrogen-bond acceptors (Lipinski definition) is 7. The molecule has 0 N–H and O–H groups in total. The van der Waals surface area contributed by atoms with Gasteiger partial charge in [0.2, 0.25) is 5.76 Å². The maximum atomic E-state index is 14.0. The Morgan fingerprint density at radius 1 is 0.929 bits per heavy atom. The van der Waals surface area contributed by atoms with Crippen LogP contribution in [0, 0.1) is 12.8 Å². The highest BCUT2D eigenvalue weighted by molar-refractivity contribution is 6.11. The van der Waals surface area contributed by atoms with Crippen LogP contribution in [0.2, 0.25) is 0 Å². The van der Waals surface area contributed by atoms with Crippen LogP contribution in [0.3, 0.4) is 0 Å². The van der Waals surface area contributed by atoms with E-state index in [0.29, 0.717) is 58.4 Å². The molecule has 42 heavy (non-hydrogen) atoms. The Hall–Kier alpha value is -4.59. The van der Waals surface area contributed by atoms with Crippen LogP contribution in [0.4, 0.5) is 5.69 Å². The topological polar surface area (TPSA) is 95.3 Å². The summed E-state index contributed by atoms with van der Waals surface area (Å²) in [7, 11) is 0. The van der Waals surface area contributed by atoms with Crippen molar-refractivity contribution in [3.05, 3.63) is 98.9 Å². The van der Waals surface area contributed by atoms with E-state index in [4.69, 9.17) is 18.6 Å². The number of rotatable bonds is 10. The van der Waals surface area contributed by atoms with E-state index in [2.05, 4.69) is 13.8 Å². The Labute approximate surface area is 244 Å². The minimum Gasteiger partial charge on any atom is -0.490 e. The summed E-state index contributed by atoms with van der Waals surface area (Å²) < 4.78 is 23.2. The Kier molecular flexibility index (Phi) is 8.34. The Morgan fingerprint density at radius 3 is 2.38 bits per heavy atom. The molecule has 1 aliphatic heterocycles. The van der Waals surface area contributed by atoms with E-state index in [1.807, 2.05) is 38.1 Å². The van der Waals surface area contributed by atoms with E-state index < -0.39 is 17.9 Å². The molecule has 1 aromatic heterocycles. The zero-order valence-corrected chi connectivity index (χ0v) is 24.6. The van der Waals surface area contributed by atoms with Gasteiger partial charge in [0.25, 0.3) is 5.91 Å². The van der Waals surface area contributed by atoms with E-state index >= 15 is 0 Å². The molecule has 0 saturated carbocycles. The van der Waals surface area contributed by atoms with Crippen LogP contribution in [0.25, 0.3) is 11.0 Å². The van der Waals surface area contributed by atoms with Crippen LogP contribution in [0.15, 0.2) is 69.9 Å². The van der Waals surface area contributed by atoms with Crippen molar-refractivity contribution >= 4 is 28.5 Å². The van der Waals surface area contributed by atoms with Gasteiger partial charge in [-0.25, -0.2) is 4.79 Å². The third-order valence-electron chi connectivity index (χ3n) is 7.22. The fourth-order valence-electron chi connectivity index (χ4n) is 5.13. The van der Waals surface area contributed by atoms with E-state index in [-0.39, 0.29) is 23.4 Å². The molecule has 2 heterocycles. The van der Waals surface area contributed by atoms with Crippen LogP contribution in [0.1, 0.15) is 77.8 Å². The van der Waals surface area contributed by atoms with Gasteiger partial charge < -0.3 is 18.6 Å². The van der Waals surface area contributed by atoms with Crippen molar-refractivity contribution in [3.8, 4) is 11.5 Å². The highest BCUT2D eigenvalue weighted by Crippen LogP contribution is 2.43. The van der Waals surface area contributed by atoms with Gasteiger partial charge in [-0.15, -0.1) is 0 Å². The highest BCUT2D eigenvalue weighted by Gasteiger charge is 2.44. The standard InChI is InChI=1S/C34H35NO7/c1-6-39-28-19-23(11-15-27(28)41-17-16-20(3)4)30-29-31(36)25-18-21(5)8-14-26(25)42-32(29)33(37)35(30)24-12-9-22(10-13-24)34(38)40-7-2/h8-15,18-20,30H,6-7,16-17H2,1-5H3. The second-order valence-corrected chi connectivity index (χ2v) is 10.7. The summed E-state index contributed by atoms with van der Waals surface area (Å²) in [6.45, 7) is 11.0. The van der Waals surface area contributed by atoms with Gasteiger partial charge in [-0.2, -0.15) is 0 Å². The van der Waals surface area contributed by atoms with Gasteiger partial charge in [0, 0.05) is 5.69 Å². The highest BCUT2D eigenvalue weighted by atomic mass is 16.5. The summed E-state index contributed by atoms with van der Waals surface area (Å²) in [5.74, 6) is 0.696. The van der Waals surface area contributed by atoms with Crippen molar-refractivity contribution in [2.24, 2.45) is 5.92 Å². The van der Waals surface area contributed by atoms with Gasteiger partial charge in [-0.1, -0.05) is 31.5 Å². The average Bonchev–Trinajstić information content (AvgIpc) is 3.26. The zero-order chi connectivity index (χ0) is 30.0. The molecule has 1 aliphatic rings. The molecular formula is C34H35NO7. The minimum atomic E-state index is -0.800. The maximum absolute atomic E-state index is 14.0. The first kappa shape index (κ1) is 28.9. The molecular weight excluding hydrogens is 534 g/mol. The molecule has 0 radical (unpaired) electrons. The molecule has 0 bridgehead atoms. The van der Waals surface area contributed by atoms with Gasteiger partial charge in [-0.05, 0) is 87.2 Å². The molecule has 8 heteroatoms. The molecule has 1 amide bonds. The molecule has 5 rings (SSSR count). The predicted octanol–water partition coefficient (Wildman–Crippen LogP) is 6.85. The Morgan fingerprint density at radius 2 is 1.69 bits per heavy atom.